The van der Waals surface area contributed by atoms with E-state index in [1.807, 2.05) is 11.6 Å². The fourth-order valence-corrected chi connectivity index (χ4v) is 4.85. The molecule has 0 spiro atoms. The van der Waals surface area contributed by atoms with Crippen LogP contribution in [0.3, 0.4) is 0 Å². The summed E-state index contributed by atoms with van der Waals surface area (Å²) < 4.78 is 1.85. The van der Waals surface area contributed by atoms with Crippen LogP contribution in [0.1, 0.15) is 29.1 Å². The smallest absolute Gasteiger partial charge is 0.259 e. The van der Waals surface area contributed by atoms with Crippen LogP contribution in [0.5, 0.6) is 0 Å². The summed E-state index contributed by atoms with van der Waals surface area (Å²) in [7, 11) is 1.90. The number of aromatic amines is 1. The first-order valence-electron chi connectivity index (χ1n) is 7.22. The molecule has 22 heavy (non-hydrogen) atoms. The highest BCUT2D eigenvalue weighted by atomic mass is 32.2. The number of hydrogen-bond acceptors (Lipinski definition) is 6. The van der Waals surface area contributed by atoms with Crippen LogP contribution in [0.2, 0.25) is 0 Å². The topological polar surface area (TPSA) is 76.5 Å². The molecule has 3 aromatic heterocycles. The van der Waals surface area contributed by atoms with Crippen LogP contribution in [0, 0.1) is 0 Å². The minimum Gasteiger partial charge on any atom is -0.312 e. The average Bonchev–Trinajstić information content (AvgIpc) is 3.08. The van der Waals surface area contributed by atoms with Crippen LogP contribution in [-0.2, 0) is 25.6 Å². The van der Waals surface area contributed by atoms with Gasteiger partial charge in [0, 0.05) is 11.9 Å². The van der Waals surface area contributed by atoms with E-state index in [2.05, 4.69) is 20.2 Å². The molecule has 114 valence electrons. The third kappa shape index (κ3) is 2.36. The standard InChI is InChI=1S/C14H15N5OS2/c1-19-7-15-18-14(19)21-6-10-16-12(20)11-8-4-2-3-5-9(8)22-13(11)17-10/h7H,2-6H2,1H3,(H,16,17,20). The minimum absolute atomic E-state index is 0.00188. The molecule has 3 heterocycles. The summed E-state index contributed by atoms with van der Waals surface area (Å²) in [5.74, 6) is 1.28. The van der Waals surface area contributed by atoms with Gasteiger partial charge in [-0.25, -0.2) is 4.98 Å². The van der Waals surface area contributed by atoms with E-state index in [1.54, 1.807) is 17.7 Å². The van der Waals surface area contributed by atoms with Gasteiger partial charge in [0.15, 0.2) is 5.16 Å². The normalized spacial score (nSPS) is 14.4. The number of thioether (sulfide) groups is 1. The van der Waals surface area contributed by atoms with Crippen LogP contribution in [0.4, 0.5) is 0 Å². The van der Waals surface area contributed by atoms with Gasteiger partial charge in [0.2, 0.25) is 0 Å². The van der Waals surface area contributed by atoms with Crippen molar-refractivity contribution in [3.8, 4) is 0 Å². The number of H-pyrrole nitrogens is 1. The summed E-state index contributed by atoms with van der Waals surface area (Å²) in [5.41, 5.74) is 1.23. The van der Waals surface area contributed by atoms with Crippen LogP contribution >= 0.6 is 23.1 Å². The largest absolute Gasteiger partial charge is 0.312 e. The fourth-order valence-electron chi connectivity index (χ4n) is 2.81. The van der Waals surface area contributed by atoms with Gasteiger partial charge in [-0.05, 0) is 31.2 Å². The number of rotatable bonds is 3. The van der Waals surface area contributed by atoms with Gasteiger partial charge in [0.25, 0.3) is 5.56 Å². The predicted molar refractivity (Wildman–Crippen MR) is 87.4 cm³/mol. The number of hydrogen-bond donors (Lipinski definition) is 1. The molecule has 1 aliphatic carbocycles. The van der Waals surface area contributed by atoms with Gasteiger partial charge in [-0.2, -0.15) is 0 Å². The zero-order chi connectivity index (χ0) is 15.1. The lowest BCUT2D eigenvalue weighted by atomic mass is 9.97. The Morgan fingerprint density at radius 1 is 1.41 bits per heavy atom. The molecule has 1 aliphatic rings. The maximum atomic E-state index is 12.4. The van der Waals surface area contributed by atoms with Crippen molar-refractivity contribution in [2.24, 2.45) is 7.05 Å². The van der Waals surface area contributed by atoms with Crippen molar-refractivity contribution >= 4 is 33.3 Å². The number of nitrogens with zero attached hydrogens (tertiary/aromatic N) is 4. The lowest BCUT2D eigenvalue weighted by Crippen LogP contribution is -2.12. The molecule has 0 atom stereocenters. The molecule has 0 saturated carbocycles. The molecule has 0 aliphatic heterocycles. The monoisotopic (exact) mass is 333 g/mol. The first-order chi connectivity index (χ1) is 10.7. The van der Waals surface area contributed by atoms with E-state index in [1.165, 1.54) is 35.0 Å². The minimum atomic E-state index is -0.00188. The van der Waals surface area contributed by atoms with Gasteiger partial charge in [-0.3, -0.25) is 4.79 Å². The van der Waals surface area contributed by atoms with Crippen molar-refractivity contribution in [1.82, 2.24) is 24.7 Å². The first-order valence-corrected chi connectivity index (χ1v) is 9.03. The van der Waals surface area contributed by atoms with Crippen molar-refractivity contribution in [3.05, 3.63) is 32.9 Å². The van der Waals surface area contributed by atoms with E-state index in [9.17, 15) is 4.79 Å². The highest BCUT2D eigenvalue weighted by Gasteiger charge is 2.19. The second kappa shape index (κ2) is 5.51. The van der Waals surface area contributed by atoms with Crippen LogP contribution in [0.25, 0.3) is 10.2 Å². The number of nitrogens with one attached hydrogen (secondary N) is 1. The van der Waals surface area contributed by atoms with E-state index in [0.717, 1.165) is 28.2 Å². The molecular formula is C14H15N5OS2. The van der Waals surface area contributed by atoms with Crippen molar-refractivity contribution in [2.45, 2.75) is 36.6 Å². The molecule has 1 N–H and O–H groups in total. The molecule has 0 bridgehead atoms. The molecule has 8 heteroatoms. The lowest BCUT2D eigenvalue weighted by Gasteiger charge is -2.09. The fraction of sp³-hybridized carbons (Fsp3) is 0.429. The van der Waals surface area contributed by atoms with Crippen molar-refractivity contribution in [1.29, 1.82) is 0 Å². The summed E-state index contributed by atoms with van der Waals surface area (Å²) in [6.07, 6.45) is 6.13. The quantitative estimate of drug-likeness (QED) is 0.744. The first kappa shape index (κ1) is 14.0. The maximum absolute atomic E-state index is 12.4. The molecule has 0 aromatic carbocycles. The van der Waals surface area contributed by atoms with Crippen LogP contribution in [0.15, 0.2) is 16.3 Å². The molecule has 0 radical (unpaired) electrons. The zero-order valence-corrected chi connectivity index (χ0v) is 13.8. The van der Waals surface area contributed by atoms with Crippen molar-refractivity contribution in [3.63, 3.8) is 0 Å². The molecular weight excluding hydrogens is 318 g/mol. The Hall–Kier alpha value is -1.67. The molecule has 6 nitrogen and oxygen atoms in total. The van der Waals surface area contributed by atoms with Crippen LogP contribution in [-0.4, -0.2) is 24.7 Å². The Labute approximate surface area is 135 Å². The summed E-state index contributed by atoms with van der Waals surface area (Å²) in [6.45, 7) is 0. The highest BCUT2D eigenvalue weighted by molar-refractivity contribution is 7.98. The molecule has 0 saturated heterocycles. The van der Waals surface area contributed by atoms with Gasteiger partial charge in [-0.15, -0.1) is 21.5 Å². The summed E-state index contributed by atoms with van der Waals surface area (Å²) in [5, 5.41) is 9.50. The lowest BCUT2D eigenvalue weighted by molar-refractivity contribution is 0.700. The van der Waals surface area contributed by atoms with Crippen molar-refractivity contribution in [2.75, 3.05) is 0 Å². The Morgan fingerprint density at radius 3 is 3.09 bits per heavy atom. The van der Waals surface area contributed by atoms with Crippen molar-refractivity contribution < 1.29 is 0 Å². The van der Waals surface area contributed by atoms with Gasteiger partial charge < -0.3 is 9.55 Å². The Bertz CT molecular complexity index is 894. The van der Waals surface area contributed by atoms with Gasteiger partial charge in [-0.1, -0.05) is 11.8 Å². The molecule has 4 rings (SSSR count). The SMILES string of the molecule is Cn1cnnc1SCc1nc2sc3c(c2c(=O)[nH]1)CCCC3. The van der Waals surface area contributed by atoms with Gasteiger partial charge in [0.1, 0.15) is 17.0 Å². The number of aryl methyl sites for hydroxylation is 3. The molecule has 3 aromatic rings. The van der Waals surface area contributed by atoms with E-state index in [4.69, 9.17) is 0 Å². The third-order valence-electron chi connectivity index (χ3n) is 3.88. The number of fused-ring (bicyclic) bond motifs is 3. The second-order valence-electron chi connectivity index (χ2n) is 5.42. The maximum Gasteiger partial charge on any atom is 0.259 e. The highest BCUT2D eigenvalue weighted by Crippen LogP contribution is 2.33. The van der Waals surface area contributed by atoms with Crippen LogP contribution < -0.4 is 5.56 Å². The molecule has 0 unspecified atom stereocenters. The summed E-state index contributed by atoms with van der Waals surface area (Å²) in [6, 6.07) is 0. The second-order valence-corrected chi connectivity index (χ2v) is 7.44. The van der Waals surface area contributed by atoms with E-state index < -0.39 is 0 Å². The average molecular weight is 333 g/mol. The van der Waals surface area contributed by atoms with E-state index >= 15 is 0 Å². The zero-order valence-electron chi connectivity index (χ0n) is 12.1. The Kier molecular flexibility index (Phi) is 3.50. The molecule has 0 amide bonds. The van der Waals surface area contributed by atoms with E-state index in [-0.39, 0.29) is 5.56 Å². The number of thiophene rings is 1. The third-order valence-corrected chi connectivity index (χ3v) is 6.11. The number of aromatic nitrogens is 5. The molecule has 0 fully saturated rings. The Balaban J connectivity index is 1.68. The summed E-state index contributed by atoms with van der Waals surface area (Å²) >= 11 is 3.20. The van der Waals surface area contributed by atoms with Gasteiger partial charge >= 0.3 is 0 Å². The summed E-state index contributed by atoms with van der Waals surface area (Å²) in [4.78, 5) is 22.2. The van der Waals surface area contributed by atoms with E-state index in [0.29, 0.717) is 11.6 Å². The Morgan fingerprint density at radius 2 is 2.27 bits per heavy atom. The van der Waals surface area contributed by atoms with Gasteiger partial charge in [0.05, 0.1) is 11.1 Å². The predicted octanol–water partition coefficient (Wildman–Crippen LogP) is 2.28.